The summed E-state index contributed by atoms with van der Waals surface area (Å²) in [7, 11) is 1.28. The molecule has 0 fully saturated rings. The molecule has 1 rings (SSSR count). The first-order chi connectivity index (χ1) is 8.04. The van der Waals surface area contributed by atoms with Gasteiger partial charge in [0.15, 0.2) is 15.2 Å². The molecule has 0 saturated carbocycles. The number of thiazole rings is 1. The van der Waals surface area contributed by atoms with Crippen molar-refractivity contribution in [1.29, 1.82) is 0 Å². The monoisotopic (exact) mass is 277 g/mol. The van der Waals surface area contributed by atoms with Crippen LogP contribution in [0.3, 0.4) is 0 Å². The second kappa shape index (κ2) is 6.41. The van der Waals surface area contributed by atoms with E-state index in [1.165, 1.54) is 7.11 Å². The maximum atomic E-state index is 11.2. The van der Waals surface area contributed by atoms with Crippen LogP contribution in [0.15, 0.2) is 0 Å². The average molecular weight is 278 g/mol. The molecule has 0 aliphatic heterocycles. The SMILES string of the molecule is COC(=O)c1sc(NCCCC(N)=O)nc1Cl. The number of anilines is 1. The molecule has 0 radical (unpaired) electrons. The van der Waals surface area contributed by atoms with Crippen molar-refractivity contribution >= 4 is 39.9 Å². The standard InChI is InChI=1S/C9H12ClN3O3S/c1-16-8(15)6-7(10)13-9(17-6)12-4-2-3-5(11)14/h2-4H2,1H3,(H2,11,14)(H,12,13). The maximum Gasteiger partial charge on any atom is 0.351 e. The summed E-state index contributed by atoms with van der Waals surface area (Å²) in [4.78, 5) is 25.9. The lowest BCUT2D eigenvalue weighted by Gasteiger charge is -1.99. The van der Waals surface area contributed by atoms with Gasteiger partial charge in [0.2, 0.25) is 5.91 Å². The Kier molecular flexibility index (Phi) is 5.17. The second-order valence-corrected chi connectivity index (χ2v) is 4.48. The van der Waals surface area contributed by atoms with Gasteiger partial charge in [-0.3, -0.25) is 4.79 Å². The summed E-state index contributed by atoms with van der Waals surface area (Å²) in [5.41, 5.74) is 5.00. The van der Waals surface area contributed by atoms with Crippen LogP contribution in [0, 0.1) is 0 Å². The van der Waals surface area contributed by atoms with Crippen LogP contribution in [0.1, 0.15) is 22.5 Å². The molecule has 0 aliphatic rings. The van der Waals surface area contributed by atoms with E-state index in [2.05, 4.69) is 15.0 Å². The number of halogens is 1. The third kappa shape index (κ3) is 4.20. The van der Waals surface area contributed by atoms with Crippen molar-refractivity contribution in [2.75, 3.05) is 19.0 Å². The minimum Gasteiger partial charge on any atom is -0.465 e. The van der Waals surface area contributed by atoms with E-state index in [9.17, 15) is 9.59 Å². The summed E-state index contributed by atoms with van der Waals surface area (Å²) < 4.78 is 4.55. The summed E-state index contributed by atoms with van der Waals surface area (Å²) in [6.07, 6.45) is 0.899. The highest BCUT2D eigenvalue weighted by atomic mass is 35.5. The number of nitrogens with two attached hydrogens (primary N) is 1. The Labute approximate surface area is 107 Å². The molecule has 8 heteroatoms. The van der Waals surface area contributed by atoms with E-state index < -0.39 is 5.97 Å². The molecule has 1 heterocycles. The third-order valence-corrected chi connectivity index (χ3v) is 3.21. The lowest BCUT2D eigenvalue weighted by molar-refractivity contribution is -0.118. The highest BCUT2D eigenvalue weighted by Crippen LogP contribution is 2.27. The van der Waals surface area contributed by atoms with Gasteiger partial charge in [0.1, 0.15) is 0 Å². The number of hydrogen-bond donors (Lipinski definition) is 2. The lowest BCUT2D eigenvalue weighted by atomic mass is 10.3. The van der Waals surface area contributed by atoms with Gasteiger partial charge in [-0.1, -0.05) is 22.9 Å². The molecule has 0 atom stereocenters. The number of aromatic nitrogens is 1. The topological polar surface area (TPSA) is 94.3 Å². The first-order valence-electron chi connectivity index (χ1n) is 4.81. The van der Waals surface area contributed by atoms with Crippen LogP contribution < -0.4 is 11.1 Å². The minimum absolute atomic E-state index is 0.110. The molecule has 1 aromatic rings. The molecule has 6 nitrogen and oxygen atoms in total. The van der Waals surface area contributed by atoms with E-state index >= 15 is 0 Å². The predicted molar refractivity (Wildman–Crippen MR) is 65.4 cm³/mol. The van der Waals surface area contributed by atoms with Crippen molar-refractivity contribution in [3.63, 3.8) is 0 Å². The van der Waals surface area contributed by atoms with Crippen molar-refractivity contribution < 1.29 is 14.3 Å². The van der Waals surface area contributed by atoms with E-state index in [1.807, 2.05) is 0 Å². The Hall–Kier alpha value is -1.34. The molecule has 17 heavy (non-hydrogen) atoms. The summed E-state index contributed by atoms with van der Waals surface area (Å²) in [5.74, 6) is -0.864. The quantitative estimate of drug-likeness (QED) is 0.603. The maximum absolute atomic E-state index is 11.2. The first kappa shape index (κ1) is 13.7. The Balaban J connectivity index is 2.50. The van der Waals surface area contributed by atoms with E-state index in [4.69, 9.17) is 17.3 Å². The van der Waals surface area contributed by atoms with Gasteiger partial charge < -0.3 is 15.8 Å². The van der Waals surface area contributed by atoms with Gasteiger partial charge in [-0.25, -0.2) is 9.78 Å². The highest BCUT2D eigenvalue weighted by Gasteiger charge is 2.16. The number of esters is 1. The zero-order chi connectivity index (χ0) is 12.8. The smallest absolute Gasteiger partial charge is 0.351 e. The molecule has 3 N–H and O–H groups in total. The molecule has 0 unspecified atom stereocenters. The fourth-order valence-corrected chi connectivity index (χ4v) is 2.18. The molecule has 0 bridgehead atoms. The number of ether oxygens (including phenoxy) is 1. The van der Waals surface area contributed by atoms with E-state index in [1.54, 1.807) is 0 Å². The van der Waals surface area contributed by atoms with Crippen molar-refractivity contribution in [3.8, 4) is 0 Å². The van der Waals surface area contributed by atoms with Crippen molar-refractivity contribution in [3.05, 3.63) is 10.0 Å². The number of nitrogens with zero attached hydrogens (tertiary/aromatic N) is 1. The van der Waals surface area contributed by atoms with Crippen molar-refractivity contribution in [2.24, 2.45) is 5.73 Å². The van der Waals surface area contributed by atoms with E-state index in [0.717, 1.165) is 11.3 Å². The number of primary amides is 1. The van der Waals surface area contributed by atoms with Crippen LogP contribution >= 0.6 is 22.9 Å². The average Bonchev–Trinajstić information content (AvgIpc) is 2.65. The molecular formula is C9H12ClN3O3S. The first-order valence-corrected chi connectivity index (χ1v) is 6.01. The molecule has 1 amide bonds. The van der Waals surface area contributed by atoms with Gasteiger partial charge in [-0.15, -0.1) is 0 Å². The fourth-order valence-electron chi connectivity index (χ4n) is 1.05. The van der Waals surface area contributed by atoms with Crippen molar-refractivity contribution in [2.45, 2.75) is 12.8 Å². The molecule has 0 aliphatic carbocycles. The summed E-state index contributed by atoms with van der Waals surface area (Å²) >= 11 is 6.87. The number of hydrogen-bond acceptors (Lipinski definition) is 6. The van der Waals surface area contributed by atoms with Gasteiger partial charge in [-0.2, -0.15) is 0 Å². The van der Waals surface area contributed by atoms with Gasteiger partial charge in [0.05, 0.1) is 7.11 Å². The Bertz CT molecular complexity index is 422. The molecule has 0 saturated heterocycles. The van der Waals surface area contributed by atoms with Crippen LogP contribution in [-0.2, 0) is 9.53 Å². The Morgan fingerprint density at radius 2 is 2.29 bits per heavy atom. The Morgan fingerprint density at radius 3 is 2.88 bits per heavy atom. The fraction of sp³-hybridized carbons (Fsp3) is 0.444. The zero-order valence-electron chi connectivity index (χ0n) is 9.16. The second-order valence-electron chi connectivity index (χ2n) is 3.13. The van der Waals surface area contributed by atoms with Gasteiger partial charge in [0.25, 0.3) is 0 Å². The van der Waals surface area contributed by atoms with E-state index in [-0.39, 0.29) is 15.9 Å². The van der Waals surface area contributed by atoms with Gasteiger partial charge in [0, 0.05) is 13.0 Å². The van der Waals surface area contributed by atoms with Crippen LogP contribution in [0.4, 0.5) is 5.13 Å². The van der Waals surface area contributed by atoms with Crippen LogP contribution in [-0.4, -0.2) is 30.5 Å². The zero-order valence-corrected chi connectivity index (χ0v) is 10.7. The lowest BCUT2D eigenvalue weighted by Crippen LogP contribution is -2.12. The number of nitrogens with one attached hydrogen (secondary N) is 1. The van der Waals surface area contributed by atoms with E-state index in [0.29, 0.717) is 24.5 Å². The number of rotatable bonds is 6. The molecule has 1 aromatic heterocycles. The van der Waals surface area contributed by atoms with Gasteiger partial charge >= 0.3 is 5.97 Å². The van der Waals surface area contributed by atoms with Gasteiger partial charge in [-0.05, 0) is 6.42 Å². The van der Waals surface area contributed by atoms with Crippen molar-refractivity contribution in [1.82, 2.24) is 4.98 Å². The number of amides is 1. The number of methoxy groups -OCH3 is 1. The van der Waals surface area contributed by atoms with Crippen LogP contribution in [0.2, 0.25) is 5.15 Å². The third-order valence-electron chi connectivity index (χ3n) is 1.83. The predicted octanol–water partition coefficient (Wildman–Crippen LogP) is 1.26. The number of carbonyl (C=O) groups excluding carboxylic acids is 2. The largest absolute Gasteiger partial charge is 0.465 e. The summed E-state index contributed by atoms with van der Waals surface area (Å²) in [6.45, 7) is 0.535. The normalized spacial score (nSPS) is 10.0. The number of carbonyl (C=O) groups is 2. The van der Waals surface area contributed by atoms with Crippen LogP contribution in [0.25, 0.3) is 0 Å². The Morgan fingerprint density at radius 1 is 1.59 bits per heavy atom. The minimum atomic E-state index is -0.516. The summed E-state index contributed by atoms with van der Waals surface area (Å²) in [6, 6.07) is 0. The molecule has 94 valence electrons. The molecular weight excluding hydrogens is 266 g/mol. The molecule has 0 aromatic carbocycles. The summed E-state index contributed by atoms with van der Waals surface area (Å²) in [5, 5.41) is 3.57. The highest BCUT2D eigenvalue weighted by molar-refractivity contribution is 7.18. The van der Waals surface area contributed by atoms with Crippen LogP contribution in [0.5, 0.6) is 0 Å². The molecule has 0 spiro atoms.